The molecule has 0 saturated carbocycles. The van der Waals surface area contributed by atoms with Crippen LogP contribution in [0.2, 0.25) is 6.55 Å². The lowest BCUT2D eigenvalue weighted by atomic mass is 10.1. The lowest BCUT2D eigenvalue weighted by molar-refractivity contribution is 0.0444. The summed E-state index contributed by atoms with van der Waals surface area (Å²) in [7, 11) is -1.12. The quantitative estimate of drug-likeness (QED) is 0.311. The molecule has 1 aliphatic rings. The Morgan fingerprint density at radius 3 is 2.50 bits per heavy atom. The van der Waals surface area contributed by atoms with Gasteiger partial charge in [0.2, 0.25) is 0 Å². The highest BCUT2D eigenvalue weighted by molar-refractivity contribution is 7.13. The van der Waals surface area contributed by atoms with Crippen LogP contribution in [0.25, 0.3) is 0 Å². The normalized spacial score (nSPS) is 14.5. The van der Waals surface area contributed by atoms with E-state index in [0.29, 0.717) is 11.1 Å². The molecule has 1 aromatic carbocycles. The van der Waals surface area contributed by atoms with E-state index in [-0.39, 0.29) is 0 Å². The van der Waals surface area contributed by atoms with Crippen LogP contribution in [0.15, 0.2) is 18.2 Å². The number of fused-ring (bicyclic) bond motifs is 1. The third-order valence-electron chi connectivity index (χ3n) is 2.04. The molecule has 1 radical (unpaired) electrons. The Balaban J connectivity index is 2.55. The molecular weight excluding hydrogens is 220 g/mol. The van der Waals surface area contributed by atoms with Crippen molar-refractivity contribution in [2.75, 3.05) is 0 Å². The monoisotopic (exact) mass is 225 g/mol. The van der Waals surface area contributed by atoms with Gasteiger partial charge in [-0.3, -0.25) is 0 Å². The van der Waals surface area contributed by atoms with Crippen molar-refractivity contribution < 1.29 is 14.3 Å². The van der Waals surface area contributed by atoms with E-state index in [2.05, 4.69) is 4.74 Å². The summed E-state index contributed by atoms with van der Waals surface area (Å²) >= 11 is 5.95. The van der Waals surface area contributed by atoms with Gasteiger partial charge >= 0.3 is 11.9 Å². The molecule has 14 heavy (non-hydrogen) atoms. The van der Waals surface area contributed by atoms with Gasteiger partial charge in [0.25, 0.3) is 0 Å². The van der Waals surface area contributed by atoms with Crippen molar-refractivity contribution in [3.63, 3.8) is 0 Å². The molecule has 0 bridgehead atoms. The molecule has 71 valence electrons. The second kappa shape index (κ2) is 3.22. The Morgan fingerprint density at radius 2 is 1.86 bits per heavy atom. The zero-order valence-electron chi connectivity index (χ0n) is 7.33. The zero-order chi connectivity index (χ0) is 10.3. The van der Waals surface area contributed by atoms with Crippen molar-refractivity contribution in [3.05, 3.63) is 29.3 Å². The molecule has 2 rings (SSSR count). The number of rotatable bonds is 1. The van der Waals surface area contributed by atoms with Gasteiger partial charge in [0.05, 0.1) is 11.1 Å². The number of hydrogen-bond donors (Lipinski definition) is 0. The Hall–Kier alpha value is -1.13. The average Bonchev–Trinajstić information content (AvgIpc) is 2.42. The van der Waals surface area contributed by atoms with E-state index in [0.717, 1.165) is 5.19 Å². The van der Waals surface area contributed by atoms with E-state index in [9.17, 15) is 9.59 Å². The first-order valence-corrected chi connectivity index (χ1v) is 7.01. The summed E-state index contributed by atoms with van der Waals surface area (Å²) in [6.07, 6.45) is 0. The van der Waals surface area contributed by atoms with Gasteiger partial charge in [-0.1, -0.05) is 12.6 Å². The van der Waals surface area contributed by atoms with Crippen molar-refractivity contribution in [1.82, 2.24) is 0 Å². The van der Waals surface area contributed by atoms with E-state index in [1.165, 1.54) is 0 Å². The summed E-state index contributed by atoms with van der Waals surface area (Å²) in [5, 5.41) is 0.905. The highest BCUT2D eigenvalue weighted by atomic mass is 35.6. The number of hydrogen-bond acceptors (Lipinski definition) is 3. The molecule has 1 aliphatic heterocycles. The molecule has 3 nitrogen and oxygen atoms in total. The van der Waals surface area contributed by atoms with Gasteiger partial charge in [-0.05, 0) is 17.3 Å². The predicted octanol–water partition coefficient (Wildman–Crippen LogP) is 1.06. The maximum absolute atomic E-state index is 11.2. The molecule has 1 heterocycles. The first kappa shape index (κ1) is 9.42. The Bertz CT molecular complexity index is 428. The first-order valence-electron chi connectivity index (χ1n) is 3.99. The summed E-state index contributed by atoms with van der Waals surface area (Å²) in [6, 6.07) is 5.00. The number of esters is 2. The van der Waals surface area contributed by atoms with Crippen LogP contribution < -0.4 is 5.19 Å². The highest BCUT2D eigenvalue weighted by Crippen LogP contribution is 2.18. The third kappa shape index (κ3) is 1.36. The number of carbonyl (C=O) groups excluding carboxylic acids is 2. The van der Waals surface area contributed by atoms with Crippen LogP contribution in [0, 0.1) is 0 Å². The molecular formula is C9H6ClO3Si. The molecule has 0 amide bonds. The zero-order valence-corrected chi connectivity index (χ0v) is 9.09. The summed E-state index contributed by atoms with van der Waals surface area (Å²) in [5.41, 5.74) is 0.663. The van der Waals surface area contributed by atoms with E-state index in [1.54, 1.807) is 18.2 Å². The summed E-state index contributed by atoms with van der Waals surface area (Å²) < 4.78 is 4.46. The SMILES string of the molecule is C[Si](Cl)c1ccc2c(c1)C(=O)OC2=O. The second-order valence-electron chi connectivity index (χ2n) is 2.97. The molecule has 0 unspecified atom stereocenters. The number of cyclic esters (lactones) is 2. The minimum Gasteiger partial charge on any atom is -0.386 e. The second-order valence-corrected chi connectivity index (χ2v) is 6.32. The van der Waals surface area contributed by atoms with Gasteiger partial charge < -0.3 is 4.74 Å². The van der Waals surface area contributed by atoms with Gasteiger partial charge in [0.15, 0.2) is 8.11 Å². The van der Waals surface area contributed by atoms with Crippen LogP contribution in [0.3, 0.4) is 0 Å². The molecule has 0 aromatic heterocycles. The Morgan fingerprint density at radius 1 is 1.21 bits per heavy atom. The largest absolute Gasteiger partial charge is 0.386 e. The molecule has 0 fully saturated rings. The molecule has 0 atom stereocenters. The van der Waals surface area contributed by atoms with E-state index < -0.39 is 20.0 Å². The maximum atomic E-state index is 11.2. The van der Waals surface area contributed by atoms with Gasteiger partial charge in [0, 0.05) is 0 Å². The van der Waals surface area contributed by atoms with Crippen LogP contribution in [0.4, 0.5) is 0 Å². The van der Waals surface area contributed by atoms with Gasteiger partial charge in [-0.25, -0.2) is 9.59 Å². The fraction of sp³-hybridized carbons (Fsp3) is 0.111. The lowest BCUT2D eigenvalue weighted by Gasteiger charge is -2.00. The standard InChI is InChI=1S/C9H6ClO3Si/c1-14(10)5-2-3-6-7(4-5)9(12)13-8(6)11/h2-4H,1H3. The molecule has 0 N–H and O–H groups in total. The highest BCUT2D eigenvalue weighted by Gasteiger charge is 2.29. The van der Waals surface area contributed by atoms with Crippen LogP contribution in [-0.4, -0.2) is 20.0 Å². The Labute approximate surface area is 86.9 Å². The maximum Gasteiger partial charge on any atom is 0.346 e. The van der Waals surface area contributed by atoms with E-state index in [4.69, 9.17) is 11.1 Å². The minimum absolute atomic E-state index is 0.331. The smallest absolute Gasteiger partial charge is 0.346 e. The number of benzene rings is 1. The number of halogens is 1. The van der Waals surface area contributed by atoms with Gasteiger partial charge in [-0.15, -0.1) is 0 Å². The first-order chi connectivity index (χ1) is 6.59. The summed E-state index contributed by atoms with van der Waals surface area (Å²) in [4.78, 5) is 22.3. The van der Waals surface area contributed by atoms with Gasteiger partial charge in [-0.2, -0.15) is 11.1 Å². The number of carbonyl (C=O) groups is 2. The fourth-order valence-corrected chi connectivity index (χ4v) is 2.31. The van der Waals surface area contributed by atoms with Crippen LogP contribution >= 0.6 is 11.1 Å². The lowest BCUT2D eigenvalue weighted by Crippen LogP contribution is -2.21. The summed E-state index contributed by atoms with van der Waals surface area (Å²) in [5.74, 6) is -1.15. The van der Waals surface area contributed by atoms with Crippen LogP contribution in [0.1, 0.15) is 20.7 Å². The fourth-order valence-electron chi connectivity index (χ4n) is 1.30. The predicted molar refractivity (Wildman–Crippen MR) is 53.3 cm³/mol. The van der Waals surface area contributed by atoms with E-state index in [1.807, 2.05) is 6.55 Å². The molecule has 0 saturated heterocycles. The van der Waals surface area contributed by atoms with Crippen molar-refractivity contribution in [3.8, 4) is 0 Å². The molecule has 1 aromatic rings. The average molecular weight is 226 g/mol. The van der Waals surface area contributed by atoms with Crippen LogP contribution in [0.5, 0.6) is 0 Å². The Kier molecular flexibility index (Phi) is 2.17. The molecule has 5 heteroatoms. The van der Waals surface area contributed by atoms with E-state index >= 15 is 0 Å². The van der Waals surface area contributed by atoms with Crippen molar-refractivity contribution in [1.29, 1.82) is 0 Å². The van der Waals surface area contributed by atoms with Gasteiger partial charge in [0.1, 0.15) is 0 Å². The minimum atomic E-state index is -1.12. The van der Waals surface area contributed by atoms with Crippen molar-refractivity contribution in [2.24, 2.45) is 0 Å². The molecule has 0 aliphatic carbocycles. The van der Waals surface area contributed by atoms with Crippen LogP contribution in [-0.2, 0) is 4.74 Å². The number of ether oxygens (including phenoxy) is 1. The van der Waals surface area contributed by atoms with Crippen molar-refractivity contribution >= 4 is 36.3 Å². The summed E-state index contributed by atoms with van der Waals surface area (Å²) in [6.45, 7) is 1.90. The third-order valence-corrected chi connectivity index (χ3v) is 3.80. The molecule has 0 spiro atoms. The van der Waals surface area contributed by atoms with Crippen molar-refractivity contribution in [2.45, 2.75) is 6.55 Å². The topological polar surface area (TPSA) is 43.4 Å².